The number of thioether (sulfide) groups is 1. The highest BCUT2D eigenvalue weighted by Gasteiger charge is 2.30. The highest BCUT2D eigenvalue weighted by molar-refractivity contribution is 8.00. The first-order valence-corrected chi connectivity index (χ1v) is 11.4. The number of morpholine rings is 1. The zero-order valence-corrected chi connectivity index (χ0v) is 17.6. The molecule has 1 aromatic heterocycles. The Morgan fingerprint density at radius 2 is 2.00 bits per heavy atom. The molecule has 0 bridgehead atoms. The second kappa shape index (κ2) is 10.4. The quantitative estimate of drug-likeness (QED) is 0.439. The Morgan fingerprint density at radius 1 is 1.33 bits per heavy atom. The van der Waals surface area contributed by atoms with Gasteiger partial charge < -0.3 is 14.4 Å². The lowest BCUT2D eigenvalue weighted by Gasteiger charge is -2.26. The van der Waals surface area contributed by atoms with Crippen LogP contribution in [0.1, 0.15) is 24.2 Å². The van der Waals surface area contributed by atoms with E-state index in [0.29, 0.717) is 24.0 Å². The lowest BCUT2D eigenvalue weighted by atomic mass is 10.3. The van der Waals surface area contributed by atoms with E-state index in [1.54, 1.807) is 0 Å². The molecule has 0 spiro atoms. The molecule has 2 heterocycles. The Kier molecular flexibility index (Phi) is 8.49. The van der Waals surface area contributed by atoms with Gasteiger partial charge in [-0.3, -0.25) is 0 Å². The monoisotopic (exact) mass is 417 g/mol. The molecule has 8 nitrogen and oxygen atoms in total. The molecule has 1 saturated heterocycles. The Hall–Kier alpha value is -1.20. The standard InChI is InChI=1S/C17H27N3O5S2/c1-4-19(5-2)8-11-26-16-15(12-14(13-18-16)17(21)24-3)27(22,23)20-6-9-25-10-7-20/h12-13H,4-11H2,1-3H3. The van der Waals surface area contributed by atoms with Crippen LogP contribution in [0.25, 0.3) is 0 Å². The minimum Gasteiger partial charge on any atom is -0.465 e. The third-order valence-corrected chi connectivity index (χ3v) is 7.39. The van der Waals surface area contributed by atoms with Crippen LogP contribution in [-0.4, -0.2) is 87.4 Å². The Balaban J connectivity index is 2.30. The van der Waals surface area contributed by atoms with Crippen LogP contribution in [0, 0.1) is 0 Å². The summed E-state index contributed by atoms with van der Waals surface area (Å²) in [6.45, 7) is 8.16. The lowest BCUT2D eigenvalue weighted by molar-refractivity contribution is 0.0599. The van der Waals surface area contributed by atoms with Crippen molar-refractivity contribution in [2.45, 2.75) is 23.8 Å². The van der Waals surface area contributed by atoms with E-state index in [1.165, 1.54) is 35.4 Å². The number of rotatable bonds is 9. The zero-order chi connectivity index (χ0) is 19.9. The molecule has 0 atom stereocenters. The summed E-state index contributed by atoms with van der Waals surface area (Å²) in [5.74, 6) is 0.0957. The molecule has 0 saturated carbocycles. The lowest BCUT2D eigenvalue weighted by Crippen LogP contribution is -2.41. The third kappa shape index (κ3) is 5.64. The van der Waals surface area contributed by atoms with Gasteiger partial charge in [-0.2, -0.15) is 4.31 Å². The number of hydrogen-bond acceptors (Lipinski definition) is 8. The highest BCUT2D eigenvalue weighted by Crippen LogP contribution is 2.28. The Labute approximate surface area is 165 Å². The number of ether oxygens (including phenoxy) is 2. The largest absolute Gasteiger partial charge is 0.465 e. The van der Waals surface area contributed by atoms with E-state index < -0.39 is 16.0 Å². The SMILES string of the molecule is CCN(CC)CCSc1ncc(C(=O)OC)cc1S(=O)(=O)N1CCOCC1. The number of esters is 1. The van der Waals surface area contributed by atoms with Crippen LogP contribution in [0.4, 0.5) is 0 Å². The fourth-order valence-electron chi connectivity index (χ4n) is 2.69. The molecular weight excluding hydrogens is 390 g/mol. The zero-order valence-electron chi connectivity index (χ0n) is 16.0. The molecule has 27 heavy (non-hydrogen) atoms. The predicted octanol–water partition coefficient (Wildman–Crippen LogP) is 1.32. The van der Waals surface area contributed by atoms with Crippen molar-refractivity contribution >= 4 is 27.8 Å². The average molecular weight is 418 g/mol. The Bertz CT molecular complexity index is 732. The van der Waals surface area contributed by atoms with Gasteiger partial charge in [-0.1, -0.05) is 13.8 Å². The van der Waals surface area contributed by atoms with Gasteiger partial charge in [0.1, 0.15) is 9.92 Å². The maximum atomic E-state index is 13.1. The molecule has 0 aliphatic carbocycles. The van der Waals surface area contributed by atoms with Gasteiger partial charge in [-0.05, 0) is 19.2 Å². The topological polar surface area (TPSA) is 89.0 Å². The summed E-state index contributed by atoms with van der Waals surface area (Å²) in [7, 11) is -2.51. The number of aromatic nitrogens is 1. The van der Waals surface area contributed by atoms with E-state index in [9.17, 15) is 13.2 Å². The summed E-state index contributed by atoms with van der Waals surface area (Å²) in [4.78, 5) is 18.4. The number of carbonyl (C=O) groups is 1. The van der Waals surface area contributed by atoms with E-state index in [1.807, 2.05) is 0 Å². The fourth-order valence-corrected chi connectivity index (χ4v) is 5.51. The van der Waals surface area contributed by atoms with Gasteiger partial charge in [0.25, 0.3) is 0 Å². The van der Waals surface area contributed by atoms with Crippen LogP contribution in [0.15, 0.2) is 22.2 Å². The predicted molar refractivity (Wildman–Crippen MR) is 104 cm³/mol. The normalized spacial score (nSPS) is 15.9. The summed E-state index contributed by atoms with van der Waals surface area (Å²) in [6, 6.07) is 1.36. The molecule has 2 rings (SSSR count). The van der Waals surface area contributed by atoms with Crippen LogP contribution in [0.5, 0.6) is 0 Å². The summed E-state index contributed by atoms with van der Waals surface area (Å²) >= 11 is 1.38. The molecule has 10 heteroatoms. The van der Waals surface area contributed by atoms with Crippen molar-refractivity contribution in [2.75, 3.05) is 58.8 Å². The minimum absolute atomic E-state index is 0.0526. The van der Waals surface area contributed by atoms with Crippen molar-refractivity contribution in [1.29, 1.82) is 0 Å². The highest BCUT2D eigenvalue weighted by atomic mass is 32.2. The van der Waals surface area contributed by atoms with Crippen LogP contribution in [0.2, 0.25) is 0 Å². The number of carbonyl (C=O) groups excluding carboxylic acids is 1. The first-order chi connectivity index (χ1) is 12.9. The maximum Gasteiger partial charge on any atom is 0.339 e. The van der Waals surface area contributed by atoms with Gasteiger partial charge in [0.05, 0.1) is 25.9 Å². The number of nitrogens with zero attached hydrogens (tertiary/aromatic N) is 3. The van der Waals surface area contributed by atoms with Gasteiger partial charge in [0, 0.05) is 31.6 Å². The minimum atomic E-state index is -3.77. The summed E-state index contributed by atoms with van der Waals surface area (Å²) in [5.41, 5.74) is 0.123. The van der Waals surface area contributed by atoms with Crippen LogP contribution in [-0.2, 0) is 19.5 Å². The second-order valence-electron chi connectivity index (χ2n) is 5.91. The number of sulfonamides is 1. The fraction of sp³-hybridized carbons (Fsp3) is 0.647. The van der Waals surface area contributed by atoms with Crippen molar-refractivity contribution in [3.8, 4) is 0 Å². The molecule has 0 amide bonds. The molecule has 1 aliphatic rings. The molecule has 0 unspecified atom stereocenters. The maximum absolute atomic E-state index is 13.1. The number of methoxy groups -OCH3 is 1. The average Bonchev–Trinajstić information content (AvgIpc) is 2.71. The molecule has 0 N–H and O–H groups in total. The first-order valence-electron chi connectivity index (χ1n) is 8.95. The van der Waals surface area contributed by atoms with Gasteiger partial charge in [-0.25, -0.2) is 18.2 Å². The van der Waals surface area contributed by atoms with Crippen LogP contribution in [0.3, 0.4) is 0 Å². The molecule has 0 aromatic carbocycles. The second-order valence-corrected chi connectivity index (χ2v) is 8.90. The van der Waals surface area contributed by atoms with Crippen molar-refractivity contribution in [2.24, 2.45) is 0 Å². The molecule has 0 radical (unpaired) electrons. The molecule has 1 aromatic rings. The molecule has 1 aliphatic heterocycles. The van der Waals surface area contributed by atoms with Crippen LogP contribution < -0.4 is 0 Å². The van der Waals surface area contributed by atoms with E-state index in [0.717, 1.165) is 19.6 Å². The summed E-state index contributed by atoms with van der Waals surface area (Å²) in [6.07, 6.45) is 1.36. The van der Waals surface area contributed by atoms with Gasteiger partial charge >= 0.3 is 5.97 Å². The van der Waals surface area contributed by atoms with E-state index in [-0.39, 0.29) is 23.5 Å². The van der Waals surface area contributed by atoms with Crippen molar-refractivity contribution in [3.63, 3.8) is 0 Å². The van der Waals surface area contributed by atoms with Crippen molar-refractivity contribution in [3.05, 3.63) is 17.8 Å². The number of hydrogen-bond donors (Lipinski definition) is 0. The van der Waals surface area contributed by atoms with E-state index >= 15 is 0 Å². The van der Waals surface area contributed by atoms with E-state index in [2.05, 4.69) is 23.7 Å². The van der Waals surface area contributed by atoms with Gasteiger partial charge in [0.15, 0.2) is 0 Å². The van der Waals surface area contributed by atoms with Crippen LogP contribution >= 0.6 is 11.8 Å². The molecule has 152 valence electrons. The number of pyridine rings is 1. The Morgan fingerprint density at radius 3 is 2.59 bits per heavy atom. The summed E-state index contributed by atoms with van der Waals surface area (Å²) < 4.78 is 37.6. The van der Waals surface area contributed by atoms with Crippen molar-refractivity contribution in [1.82, 2.24) is 14.2 Å². The summed E-state index contributed by atoms with van der Waals surface area (Å²) in [5, 5.41) is 0.404. The molecular formula is C17H27N3O5S2. The van der Waals surface area contributed by atoms with Gasteiger partial charge in [-0.15, -0.1) is 11.8 Å². The third-order valence-electron chi connectivity index (χ3n) is 4.37. The first kappa shape index (κ1) is 22.1. The van der Waals surface area contributed by atoms with Crippen molar-refractivity contribution < 1.29 is 22.7 Å². The van der Waals surface area contributed by atoms with Gasteiger partial charge in [0.2, 0.25) is 10.0 Å². The van der Waals surface area contributed by atoms with E-state index in [4.69, 9.17) is 9.47 Å². The smallest absolute Gasteiger partial charge is 0.339 e. The molecule has 1 fully saturated rings.